The summed E-state index contributed by atoms with van der Waals surface area (Å²) in [4.78, 5) is 14.7. The number of rotatable bonds is 5. The van der Waals surface area contributed by atoms with Crippen molar-refractivity contribution in [2.45, 2.75) is 26.2 Å². The zero-order valence-electron chi connectivity index (χ0n) is 15.5. The lowest BCUT2D eigenvalue weighted by Gasteiger charge is -2.33. The van der Waals surface area contributed by atoms with E-state index in [0.29, 0.717) is 33.0 Å². The van der Waals surface area contributed by atoms with Gasteiger partial charge in [0.05, 0.1) is 32.5 Å². The number of fused-ring (bicyclic) bond motifs is 1. The predicted molar refractivity (Wildman–Crippen MR) is 101 cm³/mol. The van der Waals surface area contributed by atoms with Crippen LogP contribution in [0.2, 0.25) is 0 Å². The van der Waals surface area contributed by atoms with Crippen LogP contribution in [0.1, 0.15) is 28.7 Å². The molecular formula is C20H25N3O4. The molecule has 4 rings (SSSR count). The first-order valence-corrected chi connectivity index (χ1v) is 9.31. The predicted octanol–water partition coefficient (Wildman–Crippen LogP) is 2.81. The topological polar surface area (TPSA) is 76.0 Å². The van der Waals surface area contributed by atoms with Gasteiger partial charge in [0.1, 0.15) is 11.5 Å². The number of carbonyl (C=O) groups is 1. The van der Waals surface area contributed by atoms with E-state index in [2.05, 4.69) is 15.5 Å². The summed E-state index contributed by atoms with van der Waals surface area (Å²) in [6, 6.07) is 9.57. The number of hydrogen-bond donors (Lipinski definition) is 2. The van der Waals surface area contributed by atoms with Crippen molar-refractivity contribution >= 4 is 11.7 Å². The number of aryl methyl sites for hydroxylation is 1. The number of ether oxygens (including phenoxy) is 2. The fourth-order valence-corrected chi connectivity index (χ4v) is 3.55. The number of furan rings is 1. The van der Waals surface area contributed by atoms with Crippen LogP contribution in [0, 0.1) is 6.92 Å². The van der Waals surface area contributed by atoms with E-state index in [0.717, 1.165) is 35.9 Å². The second-order valence-corrected chi connectivity index (χ2v) is 6.92. The second-order valence-electron chi connectivity index (χ2n) is 6.92. The number of carbonyl (C=O) groups excluding carboxylic acids is 1. The van der Waals surface area contributed by atoms with Crippen LogP contribution in [-0.4, -0.2) is 43.8 Å². The van der Waals surface area contributed by atoms with Crippen LogP contribution >= 0.6 is 0 Å². The monoisotopic (exact) mass is 371 g/mol. The van der Waals surface area contributed by atoms with Gasteiger partial charge in [-0.1, -0.05) is 6.07 Å². The van der Waals surface area contributed by atoms with Crippen LogP contribution in [0.25, 0.3) is 0 Å². The molecule has 1 atom stereocenters. The van der Waals surface area contributed by atoms with Crippen molar-refractivity contribution in [3.8, 4) is 0 Å². The Bertz CT molecular complexity index is 798. The lowest BCUT2D eigenvalue weighted by Crippen LogP contribution is -2.44. The molecule has 2 aromatic rings. The highest BCUT2D eigenvalue weighted by molar-refractivity contribution is 5.89. The Morgan fingerprint density at radius 2 is 1.93 bits per heavy atom. The average molecular weight is 371 g/mol. The summed E-state index contributed by atoms with van der Waals surface area (Å²) in [6.45, 7) is 6.66. The van der Waals surface area contributed by atoms with Gasteiger partial charge in [-0.15, -0.1) is 0 Å². The highest BCUT2D eigenvalue weighted by atomic mass is 16.5. The van der Waals surface area contributed by atoms with E-state index in [4.69, 9.17) is 13.9 Å². The number of hydrogen-bond acceptors (Lipinski definition) is 5. The molecule has 1 unspecified atom stereocenters. The Balaban J connectivity index is 1.38. The van der Waals surface area contributed by atoms with Crippen LogP contribution in [0.5, 0.6) is 0 Å². The zero-order valence-corrected chi connectivity index (χ0v) is 15.5. The lowest BCUT2D eigenvalue weighted by molar-refractivity contribution is 0.0122. The van der Waals surface area contributed by atoms with Gasteiger partial charge in [-0.05, 0) is 42.3 Å². The summed E-state index contributed by atoms with van der Waals surface area (Å²) < 4.78 is 16.7. The van der Waals surface area contributed by atoms with Crippen LogP contribution < -0.4 is 10.6 Å². The van der Waals surface area contributed by atoms with Crippen molar-refractivity contribution < 1.29 is 18.7 Å². The molecule has 0 radical (unpaired) electrons. The Morgan fingerprint density at radius 3 is 2.70 bits per heavy atom. The summed E-state index contributed by atoms with van der Waals surface area (Å²) in [6.07, 6.45) is 0. The minimum atomic E-state index is -0.226. The SMILES string of the molecule is Cc1ccc(C(CNC(=O)Nc2ccc3c(c2)COC3)N2CCOCC2)o1. The Labute approximate surface area is 158 Å². The van der Waals surface area contributed by atoms with Gasteiger partial charge in [0.15, 0.2) is 0 Å². The normalized spacial score (nSPS) is 18.1. The molecule has 2 N–H and O–H groups in total. The number of nitrogens with one attached hydrogen (secondary N) is 2. The molecule has 0 bridgehead atoms. The Morgan fingerprint density at radius 1 is 1.11 bits per heavy atom. The number of nitrogens with zero attached hydrogens (tertiary/aromatic N) is 1. The van der Waals surface area contributed by atoms with Crippen molar-refractivity contribution in [1.82, 2.24) is 10.2 Å². The maximum atomic E-state index is 12.4. The van der Waals surface area contributed by atoms with E-state index in [9.17, 15) is 4.79 Å². The smallest absolute Gasteiger partial charge is 0.319 e. The fourth-order valence-electron chi connectivity index (χ4n) is 3.55. The van der Waals surface area contributed by atoms with Crippen LogP contribution in [0.4, 0.5) is 10.5 Å². The molecule has 1 saturated heterocycles. The highest BCUT2D eigenvalue weighted by Gasteiger charge is 2.25. The first-order valence-electron chi connectivity index (χ1n) is 9.31. The summed E-state index contributed by atoms with van der Waals surface area (Å²) in [5.41, 5.74) is 3.08. The second kappa shape index (κ2) is 8.12. The Hall–Kier alpha value is -2.35. The number of anilines is 1. The van der Waals surface area contributed by atoms with Gasteiger partial charge in [0, 0.05) is 25.3 Å². The van der Waals surface area contributed by atoms with Crippen molar-refractivity contribution in [2.24, 2.45) is 0 Å². The molecule has 2 aliphatic heterocycles. The number of benzene rings is 1. The van der Waals surface area contributed by atoms with E-state index in [1.165, 1.54) is 5.56 Å². The first kappa shape index (κ1) is 18.0. The summed E-state index contributed by atoms with van der Waals surface area (Å²) in [7, 11) is 0. The highest BCUT2D eigenvalue weighted by Crippen LogP contribution is 2.24. The molecule has 0 spiro atoms. The molecule has 1 aromatic heterocycles. The van der Waals surface area contributed by atoms with Gasteiger partial charge in [0.25, 0.3) is 0 Å². The average Bonchev–Trinajstić information content (AvgIpc) is 3.31. The van der Waals surface area contributed by atoms with Gasteiger partial charge in [0.2, 0.25) is 0 Å². The van der Waals surface area contributed by atoms with Gasteiger partial charge >= 0.3 is 6.03 Å². The summed E-state index contributed by atoms with van der Waals surface area (Å²) >= 11 is 0. The standard InChI is InChI=1S/C20H25N3O4/c1-14-2-5-19(27-14)18(23-6-8-25-9-7-23)11-21-20(24)22-17-4-3-15-12-26-13-16(15)10-17/h2-5,10,18H,6-9,11-13H2,1H3,(H2,21,22,24). The molecule has 7 heteroatoms. The molecule has 0 aliphatic carbocycles. The summed E-state index contributed by atoms with van der Waals surface area (Å²) in [5.74, 6) is 1.73. The number of amides is 2. The third-order valence-electron chi connectivity index (χ3n) is 5.01. The first-order chi connectivity index (χ1) is 13.2. The van der Waals surface area contributed by atoms with Crippen LogP contribution in [0.3, 0.4) is 0 Å². The van der Waals surface area contributed by atoms with Crippen molar-refractivity contribution in [2.75, 3.05) is 38.2 Å². The zero-order chi connectivity index (χ0) is 18.6. The molecule has 144 valence electrons. The number of urea groups is 1. The molecule has 2 amide bonds. The summed E-state index contributed by atoms with van der Waals surface area (Å²) in [5, 5.41) is 5.89. The molecule has 3 heterocycles. The van der Waals surface area contributed by atoms with Crippen molar-refractivity contribution in [1.29, 1.82) is 0 Å². The maximum Gasteiger partial charge on any atom is 0.319 e. The van der Waals surface area contributed by atoms with E-state index in [1.54, 1.807) is 0 Å². The van der Waals surface area contributed by atoms with Crippen molar-refractivity contribution in [3.63, 3.8) is 0 Å². The van der Waals surface area contributed by atoms with E-state index >= 15 is 0 Å². The Kier molecular flexibility index (Phi) is 5.42. The molecular weight excluding hydrogens is 346 g/mol. The van der Waals surface area contributed by atoms with E-state index < -0.39 is 0 Å². The van der Waals surface area contributed by atoms with Crippen LogP contribution in [0.15, 0.2) is 34.7 Å². The lowest BCUT2D eigenvalue weighted by atomic mass is 10.1. The quantitative estimate of drug-likeness (QED) is 0.845. The fraction of sp³-hybridized carbons (Fsp3) is 0.450. The maximum absolute atomic E-state index is 12.4. The minimum Gasteiger partial charge on any atom is -0.465 e. The molecule has 1 fully saturated rings. The molecule has 2 aliphatic rings. The third-order valence-corrected chi connectivity index (χ3v) is 5.01. The van der Waals surface area contributed by atoms with Crippen molar-refractivity contribution in [3.05, 3.63) is 53.0 Å². The van der Waals surface area contributed by atoms with E-state index in [1.807, 2.05) is 37.3 Å². The molecule has 0 saturated carbocycles. The number of morpholine rings is 1. The van der Waals surface area contributed by atoms with Gasteiger partial charge < -0.3 is 24.5 Å². The molecule has 1 aromatic carbocycles. The minimum absolute atomic E-state index is 0.0122. The van der Waals surface area contributed by atoms with E-state index in [-0.39, 0.29) is 12.1 Å². The molecule has 27 heavy (non-hydrogen) atoms. The van der Waals surface area contributed by atoms with Gasteiger partial charge in [-0.25, -0.2) is 4.79 Å². The van der Waals surface area contributed by atoms with Crippen LogP contribution in [-0.2, 0) is 22.7 Å². The third kappa shape index (κ3) is 4.32. The largest absolute Gasteiger partial charge is 0.465 e. The molecule has 7 nitrogen and oxygen atoms in total. The van der Waals surface area contributed by atoms with Gasteiger partial charge in [-0.2, -0.15) is 0 Å². The van der Waals surface area contributed by atoms with Gasteiger partial charge in [-0.3, -0.25) is 4.90 Å².